The highest BCUT2D eigenvalue weighted by molar-refractivity contribution is 5.94. The number of aryl methyl sites for hydroxylation is 1. The van der Waals surface area contributed by atoms with Gasteiger partial charge in [-0.25, -0.2) is 4.39 Å². The van der Waals surface area contributed by atoms with E-state index >= 15 is 0 Å². The highest BCUT2D eigenvalue weighted by atomic mass is 19.1. The standard InChI is InChI=1S/C25H30FNO3/c1-3-29-20-16-23(19-7-5-4-6-8-19)30-25(17-20)11-13-27(14-12-25)24(28)21-10-9-18(2)15-22(21)26/h4-10,15,20,23H,3,11-14,16-17H2,1-2H3/t20-,23-/m0/s1. The molecule has 2 heterocycles. The van der Waals surface area contributed by atoms with Gasteiger partial charge in [0.1, 0.15) is 5.82 Å². The summed E-state index contributed by atoms with van der Waals surface area (Å²) in [6, 6.07) is 15.1. The van der Waals surface area contributed by atoms with E-state index in [4.69, 9.17) is 9.47 Å². The SMILES string of the molecule is CCO[C@H]1C[C@@H](c2ccccc2)OC2(CCN(C(=O)c3ccc(C)cc3F)CC2)C1. The van der Waals surface area contributed by atoms with Gasteiger partial charge in [-0.3, -0.25) is 4.79 Å². The molecule has 2 aromatic rings. The third-order valence-electron chi connectivity index (χ3n) is 6.36. The van der Waals surface area contributed by atoms with Crippen molar-refractivity contribution in [2.45, 2.75) is 57.3 Å². The predicted molar refractivity (Wildman–Crippen MR) is 114 cm³/mol. The van der Waals surface area contributed by atoms with Gasteiger partial charge in [0.2, 0.25) is 0 Å². The van der Waals surface area contributed by atoms with E-state index in [1.54, 1.807) is 17.0 Å². The summed E-state index contributed by atoms with van der Waals surface area (Å²) >= 11 is 0. The molecular formula is C25H30FNO3. The van der Waals surface area contributed by atoms with Gasteiger partial charge < -0.3 is 14.4 Å². The fourth-order valence-corrected chi connectivity index (χ4v) is 4.77. The van der Waals surface area contributed by atoms with Crippen LogP contribution in [0.1, 0.15) is 60.2 Å². The van der Waals surface area contributed by atoms with Crippen molar-refractivity contribution in [1.82, 2.24) is 4.90 Å². The molecule has 0 saturated carbocycles. The normalized spacial score (nSPS) is 23.5. The van der Waals surface area contributed by atoms with Crippen molar-refractivity contribution in [1.29, 1.82) is 0 Å². The van der Waals surface area contributed by atoms with Crippen LogP contribution >= 0.6 is 0 Å². The maximum atomic E-state index is 14.3. The van der Waals surface area contributed by atoms with Crippen molar-refractivity contribution < 1.29 is 18.7 Å². The summed E-state index contributed by atoms with van der Waals surface area (Å²) in [6.45, 7) is 5.65. The van der Waals surface area contributed by atoms with Crippen LogP contribution in [0.2, 0.25) is 0 Å². The Morgan fingerprint density at radius 1 is 1.20 bits per heavy atom. The summed E-state index contributed by atoms with van der Waals surface area (Å²) in [7, 11) is 0. The second kappa shape index (κ2) is 8.86. The van der Waals surface area contributed by atoms with Crippen LogP contribution in [0, 0.1) is 12.7 Å². The van der Waals surface area contributed by atoms with E-state index < -0.39 is 5.82 Å². The van der Waals surface area contributed by atoms with E-state index in [0.29, 0.717) is 19.7 Å². The summed E-state index contributed by atoms with van der Waals surface area (Å²) in [5.41, 5.74) is 1.82. The van der Waals surface area contributed by atoms with Gasteiger partial charge in [0.25, 0.3) is 5.91 Å². The van der Waals surface area contributed by atoms with Crippen LogP contribution in [-0.4, -0.2) is 42.2 Å². The molecule has 2 aliphatic heterocycles. The zero-order valence-electron chi connectivity index (χ0n) is 17.8. The number of piperidine rings is 1. The molecule has 4 rings (SSSR count). The van der Waals surface area contributed by atoms with E-state index in [0.717, 1.165) is 31.2 Å². The van der Waals surface area contributed by atoms with E-state index in [1.165, 1.54) is 11.6 Å². The average Bonchev–Trinajstić information content (AvgIpc) is 2.74. The smallest absolute Gasteiger partial charge is 0.256 e. The number of amides is 1. The van der Waals surface area contributed by atoms with Crippen LogP contribution in [0.25, 0.3) is 0 Å². The molecule has 4 nitrogen and oxygen atoms in total. The lowest BCUT2D eigenvalue weighted by molar-refractivity contribution is -0.190. The molecule has 30 heavy (non-hydrogen) atoms. The lowest BCUT2D eigenvalue weighted by Gasteiger charge is -2.48. The molecule has 0 radical (unpaired) electrons. The number of likely N-dealkylation sites (tertiary alicyclic amines) is 1. The molecule has 0 N–H and O–H groups in total. The molecule has 0 bridgehead atoms. The van der Waals surface area contributed by atoms with Crippen molar-refractivity contribution in [3.8, 4) is 0 Å². The summed E-state index contributed by atoms with van der Waals surface area (Å²) in [6.07, 6.45) is 3.29. The largest absolute Gasteiger partial charge is 0.378 e. The third kappa shape index (κ3) is 4.42. The van der Waals surface area contributed by atoms with Gasteiger partial charge in [-0.05, 0) is 49.9 Å². The number of benzene rings is 2. The van der Waals surface area contributed by atoms with Crippen LogP contribution in [0.5, 0.6) is 0 Å². The average molecular weight is 412 g/mol. The Morgan fingerprint density at radius 2 is 1.93 bits per heavy atom. The van der Waals surface area contributed by atoms with Gasteiger partial charge in [0, 0.05) is 32.5 Å². The summed E-state index contributed by atoms with van der Waals surface area (Å²) in [4.78, 5) is 14.6. The predicted octanol–water partition coefficient (Wildman–Crippen LogP) is 5.07. The minimum Gasteiger partial charge on any atom is -0.378 e. The zero-order valence-corrected chi connectivity index (χ0v) is 17.8. The summed E-state index contributed by atoms with van der Waals surface area (Å²) in [5, 5.41) is 0. The molecule has 0 aromatic heterocycles. The van der Waals surface area contributed by atoms with Crippen LogP contribution < -0.4 is 0 Å². The number of carbonyl (C=O) groups is 1. The molecule has 2 atom stereocenters. The lowest BCUT2D eigenvalue weighted by atomic mass is 9.80. The maximum absolute atomic E-state index is 14.3. The molecule has 2 aliphatic rings. The quantitative estimate of drug-likeness (QED) is 0.705. The van der Waals surface area contributed by atoms with Crippen LogP contribution in [0.3, 0.4) is 0 Å². The Balaban J connectivity index is 1.48. The van der Waals surface area contributed by atoms with Gasteiger partial charge in [-0.1, -0.05) is 36.4 Å². The molecule has 1 amide bonds. The van der Waals surface area contributed by atoms with Gasteiger partial charge in [0.05, 0.1) is 23.4 Å². The first-order chi connectivity index (χ1) is 14.5. The fraction of sp³-hybridized carbons (Fsp3) is 0.480. The topological polar surface area (TPSA) is 38.8 Å². The third-order valence-corrected chi connectivity index (χ3v) is 6.36. The van der Waals surface area contributed by atoms with E-state index in [-0.39, 0.29) is 29.3 Å². The molecule has 160 valence electrons. The number of carbonyl (C=O) groups excluding carboxylic acids is 1. The van der Waals surface area contributed by atoms with Gasteiger partial charge >= 0.3 is 0 Å². The van der Waals surface area contributed by atoms with E-state index in [9.17, 15) is 9.18 Å². The summed E-state index contributed by atoms with van der Waals surface area (Å²) < 4.78 is 27.0. The molecule has 2 saturated heterocycles. The van der Waals surface area contributed by atoms with Gasteiger partial charge in [-0.2, -0.15) is 0 Å². The Morgan fingerprint density at radius 3 is 2.60 bits per heavy atom. The molecule has 5 heteroatoms. The molecule has 1 spiro atoms. The summed E-state index contributed by atoms with van der Waals surface area (Å²) in [5.74, 6) is -0.686. The highest BCUT2D eigenvalue weighted by Crippen LogP contribution is 2.44. The van der Waals surface area contributed by atoms with Crippen molar-refractivity contribution in [2.24, 2.45) is 0 Å². The molecule has 2 fully saturated rings. The first kappa shape index (κ1) is 21.0. The zero-order chi connectivity index (χ0) is 21.1. The molecule has 2 aromatic carbocycles. The number of hydrogen-bond donors (Lipinski definition) is 0. The Kier molecular flexibility index (Phi) is 6.21. The van der Waals surface area contributed by atoms with Crippen molar-refractivity contribution in [2.75, 3.05) is 19.7 Å². The van der Waals surface area contributed by atoms with E-state index in [1.807, 2.05) is 32.0 Å². The molecule has 0 unspecified atom stereocenters. The minimum absolute atomic E-state index is 0.00621. The number of halogens is 1. The number of ether oxygens (including phenoxy) is 2. The Hall–Kier alpha value is -2.24. The van der Waals surface area contributed by atoms with Crippen LogP contribution in [0.15, 0.2) is 48.5 Å². The highest BCUT2D eigenvalue weighted by Gasteiger charge is 2.45. The van der Waals surface area contributed by atoms with Crippen molar-refractivity contribution >= 4 is 5.91 Å². The van der Waals surface area contributed by atoms with Gasteiger partial charge in [0.15, 0.2) is 0 Å². The second-order valence-corrected chi connectivity index (χ2v) is 8.49. The lowest BCUT2D eigenvalue weighted by Crippen LogP contribution is -2.52. The first-order valence-electron chi connectivity index (χ1n) is 10.9. The maximum Gasteiger partial charge on any atom is 0.256 e. The van der Waals surface area contributed by atoms with E-state index in [2.05, 4.69) is 12.1 Å². The Labute approximate surface area is 178 Å². The molecular weight excluding hydrogens is 381 g/mol. The van der Waals surface area contributed by atoms with Crippen LogP contribution in [-0.2, 0) is 9.47 Å². The first-order valence-corrected chi connectivity index (χ1v) is 10.9. The second-order valence-electron chi connectivity index (χ2n) is 8.49. The monoisotopic (exact) mass is 411 g/mol. The van der Waals surface area contributed by atoms with Crippen molar-refractivity contribution in [3.63, 3.8) is 0 Å². The number of nitrogens with zero attached hydrogens (tertiary/aromatic N) is 1. The molecule has 0 aliphatic carbocycles. The number of rotatable bonds is 4. The van der Waals surface area contributed by atoms with Crippen molar-refractivity contribution in [3.05, 3.63) is 71.0 Å². The fourth-order valence-electron chi connectivity index (χ4n) is 4.77. The number of hydrogen-bond acceptors (Lipinski definition) is 3. The van der Waals surface area contributed by atoms with Gasteiger partial charge in [-0.15, -0.1) is 0 Å². The van der Waals surface area contributed by atoms with Crippen LogP contribution in [0.4, 0.5) is 4.39 Å². The Bertz CT molecular complexity index is 877. The minimum atomic E-state index is -0.449.